The molecule has 2 heterocycles. The van der Waals surface area contributed by atoms with Crippen molar-refractivity contribution in [1.82, 2.24) is 19.7 Å². The number of fused-ring (bicyclic) bond motifs is 1. The molecule has 1 amide bonds. The molecule has 2 aromatic carbocycles. The quantitative estimate of drug-likeness (QED) is 0.343. The van der Waals surface area contributed by atoms with Gasteiger partial charge in [-0.1, -0.05) is 42.1 Å². The van der Waals surface area contributed by atoms with E-state index in [0.29, 0.717) is 13.2 Å². The number of nitrogens with zero attached hydrogens (tertiary/aromatic N) is 4. The van der Waals surface area contributed by atoms with Crippen molar-refractivity contribution in [1.29, 1.82) is 0 Å². The topological polar surface area (TPSA) is 81.9 Å². The molecule has 0 atom stereocenters. The molecule has 0 aliphatic heterocycles. The molecule has 0 fully saturated rings. The highest BCUT2D eigenvalue weighted by Crippen LogP contribution is 2.25. The van der Waals surface area contributed by atoms with Gasteiger partial charge in [0.2, 0.25) is 5.91 Å². The van der Waals surface area contributed by atoms with Gasteiger partial charge in [0.25, 0.3) is 0 Å². The van der Waals surface area contributed by atoms with Gasteiger partial charge in [-0.2, -0.15) is 5.10 Å². The second-order valence-corrected chi connectivity index (χ2v) is 7.46. The first-order valence-electron chi connectivity index (χ1n) is 9.59. The van der Waals surface area contributed by atoms with Gasteiger partial charge in [0.05, 0.1) is 30.5 Å². The third kappa shape index (κ3) is 4.77. The average molecular weight is 420 g/mol. The Morgan fingerprint density at radius 1 is 1.10 bits per heavy atom. The highest BCUT2D eigenvalue weighted by molar-refractivity contribution is 8.00. The largest absolute Gasteiger partial charge is 0.494 e. The van der Waals surface area contributed by atoms with E-state index in [1.54, 1.807) is 6.20 Å². The summed E-state index contributed by atoms with van der Waals surface area (Å²) in [5.41, 5.74) is 2.63. The summed E-state index contributed by atoms with van der Waals surface area (Å²) < 4.78 is 7.26. The molecule has 4 aromatic rings. The second-order valence-electron chi connectivity index (χ2n) is 6.50. The Morgan fingerprint density at radius 3 is 2.67 bits per heavy atom. The van der Waals surface area contributed by atoms with Crippen molar-refractivity contribution in [3.63, 3.8) is 0 Å². The van der Waals surface area contributed by atoms with Crippen molar-refractivity contribution >= 4 is 34.4 Å². The molecule has 152 valence electrons. The van der Waals surface area contributed by atoms with Crippen LogP contribution in [0.4, 0.5) is 5.69 Å². The van der Waals surface area contributed by atoms with E-state index in [4.69, 9.17) is 4.74 Å². The van der Waals surface area contributed by atoms with Gasteiger partial charge >= 0.3 is 0 Å². The molecule has 0 aliphatic rings. The molecule has 7 nitrogen and oxygen atoms in total. The van der Waals surface area contributed by atoms with Crippen LogP contribution in [-0.2, 0) is 11.3 Å². The molecule has 0 saturated heterocycles. The van der Waals surface area contributed by atoms with Crippen LogP contribution in [0.3, 0.4) is 0 Å². The van der Waals surface area contributed by atoms with Crippen molar-refractivity contribution in [3.8, 4) is 5.75 Å². The van der Waals surface area contributed by atoms with Gasteiger partial charge in [0.15, 0.2) is 5.65 Å². The van der Waals surface area contributed by atoms with Crippen LogP contribution in [-0.4, -0.2) is 38.0 Å². The predicted octanol–water partition coefficient (Wildman–Crippen LogP) is 4.00. The Kier molecular flexibility index (Phi) is 6.24. The molecule has 0 spiro atoms. The number of hydrogen-bond acceptors (Lipinski definition) is 6. The van der Waals surface area contributed by atoms with Crippen molar-refractivity contribution in [2.75, 3.05) is 17.7 Å². The monoisotopic (exact) mass is 419 g/mol. The maximum absolute atomic E-state index is 12.4. The molecule has 0 aliphatic carbocycles. The van der Waals surface area contributed by atoms with Crippen LogP contribution in [0.15, 0.2) is 72.1 Å². The first kappa shape index (κ1) is 19.9. The Hall–Kier alpha value is -3.39. The van der Waals surface area contributed by atoms with Gasteiger partial charge in [-0.15, -0.1) is 0 Å². The number of carbonyl (C=O) groups excluding carboxylic acids is 1. The van der Waals surface area contributed by atoms with Crippen LogP contribution < -0.4 is 10.1 Å². The van der Waals surface area contributed by atoms with Crippen LogP contribution in [0.5, 0.6) is 5.75 Å². The highest BCUT2D eigenvalue weighted by atomic mass is 32.2. The Morgan fingerprint density at radius 2 is 1.90 bits per heavy atom. The van der Waals surface area contributed by atoms with E-state index in [1.807, 2.05) is 54.1 Å². The van der Waals surface area contributed by atoms with E-state index < -0.39 is 0 Å². The lowest BCUT2D eigenvalue weighted by Crippen LogP contribution is -2.14. The Balaban J connectivity index is 1.40. The normalized spacial score (nSPS) is 10.8. The first-order valence-corrected chi connectivity index (χ1v) is 10.6. The van der Waals surface area contributed by atoms with Gasteiger partial charge in [-0.05, 0) is 36.8 Å². The van der Waals surface area contributed by atoms with Crippen LogP contribution in [0, 0.1) is 0 Å². The maximum atomic E-state index is 12.4. The number of ether oxygens (including phenoxy) is 1. The van der Waals surface area contributed by atoms with Crippen molar-refractivity contribution in [2.45, 2.75) is 18.5 Å². The smallest absolute Gasteiger partial charge is 0.234 e. The van der Waals surface area contributed by atoms with E-state index in [0.717, 1.165) is 33.1 Å². The minimum Gasteiger partial charge on any atom is -0.494 e. The average Bonchev–Trinajstić information content (AvgIpc) is 3.18. The van der Waals surface area contributed by atoms with Gasteiger partial charge in [-0.3, -0.25) is 4.79 Å². The van der Waals surface area contributed by atoms with Gasteiger partial charge in [0.1, 0.15) is 17.1 Å². The molecule has 0 saturated carbocycles. The number of amides is 1. The summed E-state index contributed by atoms with van der Waals surface area (Å²) in [5, 5.41) is 8.92. The fourth-order valence-corrected chi connectivity index (χ4v) is 3.75. The fourth-order valence-electron chi connectivity index (χ4n) is 2.99. The zero-order chi connectivity index (χ0) is 20.8. The van der Waals surface area contributed by atoms with E-state index in [9.17, 15) is 4.79 Å². The molecule has 0 radical (unpaired) electrons. The van der Waals surface area contributed by atoms with Crippen molar-refractivity contribution < 1.29 is 9.53 Å². The van der Waals surface area contributed by atoms with Crippen molar-refractivity contribution in [2.24, 2.45) is 0 Å². The molecular formula is C22H21N5O2S. The van der Waals surface area contributed by atoms with E-state index in [-0.39, 0.29) is 11.7 Å². The number of nitrogens with one attached hydrogen (secondary N) is 1. The van der Waals surface area contributed by atoms with E-state index >= 15 is 0 Å². The first-order chi connectivity index (χ1) is 14.7. The summed E-state index contributed by atoms with van der Waals surface area (Å²) >= 11 is 1.37. The summed E-state index contributed by atoms with van der Waals surface area (Å²) in [4.78, 5) is 21.1. The number of carbonyl (C=O) groups is 1. The lowest BCUT2D eigenvalue weighted by molar-refractivity contribution is -0.113. The third-order valence-corrected chi connectivity index (χ3v) is 5.37. The van der Waals surface area contributed by atoms with E-state index in [2.05, 4.69) is 32.5 Å². The molecule has 1 N–H and O–H groups in total. The van der Waals surface area contributed by atoms with Crippen LogP contribution in [0.2, 0.25) is 0 Å². The summed E-state index contributed by atoms with van der Waals surface area (Å²) in [6.45, 7) is 3.17. The standard InChI is InChI=1S/C22H21N5O2S/c1-2-29-18-10-8-17(9-11-18)26-20(28)14-30-22-19-12-25-27(21(19)23-15-24-22)13-16-6-4-3-5-7-16/h3-12,15H,2,13-14H2,1H3,(H,26,28). The summed E-state index contributed by atoms with van der Waals surface area (Å²) in [6.07, 6.45) is 3.27. The third-order valence-electron chi connectivity index (χ3n) is 4.36. The highest BCUT2D eigenvalue weighted by Gasteiger charge is 2.12. The van der Waals surface area contributed by atoms with Crippen molar-refractivity contribution in [3.05, 3.63) is 72.7 Å². The predicted molar refractivity (Wildman–Crippen MR) is 118 cm³/mol. The lowest BCUT2D eigenvalue weighted by Gasteiger charge is -2.07. The molecule has 0 unspecified atom stereocenters. The van der Waals surface area contributed by atoms with Gasteiger partial charge < -0.3 is 10.1 Å². The number of aromatic nitrogens is 4. The Labute approximate surface area is 178 Å². The maximum Gasteiger partial charge on any atom is 0.234 e. The minimum atomic E-state index is -0.104. The lowest BCUT2D eigenvalue weighted by atomic mass is 10.2. The molecular weight excluding hydrogens is 398 g/mol. The number of rotatable bonds is 8. The summed E-state index contributed by atoms with van der Waals surface area (Å²) in [5.74, 6) is 0.914. The fraction of sp³-hybridized carbons (Fsp3) is 0.182. The zero-order valence-corrected chi connectivity index (χ0v) is 17.3. The number of thioether (sulfide) groups is 1. The van der Waals surface area contributed by atoms with Crippen LogP contribution in [0.25, 0.3) is 11.0 Å². The zero-order valence-electron chi connectivity index (χ0n) is 16.5. The summed E-state index contributed by atoms with van der Waals surface area (Å²) in [6, 6.07) is 17.4. The van der Waals surface area contributed by atoms with Gasteiger partial charge in [-0.25, -0.2) is 14.6 Å². The molecule has 8 heteroatoms. The second kappa shape index (κ2) is 9.41. The number of anilines is 1. The summed E-state index contributed by atoms with van der Waals surface area (Å²) in [7, 11) is 0. The molecule has 0 bridgehead atoms. The van der Waals surface area contributed by atoms with Crippen LogP contribution in [0.1, 0.15) is 12.5 Å². The Bertz CT molecular complexity index is 1130. The number of benzene rings is 2. The van der Waals surface area contributed by atoms with E-state index in [1.165, 1.54) is 18.1 Å². The van der Waals surface area contributed by atoms with Gasteiger partial charge in [0, 0.05) is 5.69 Å². The molecule has 30 heavy (non-hydrogen) atoms. The SMILES string of the molecule is CCOc1ccc(NC(=O)CSc2ncnc3c2cnn3Cc2ccccc2)cc1. The molecule has 2 aromatic heterocycles. The van der Waals surface area contributed by atoms with Crippen LogP contribution >= 0.6 is 11.8 Å². The minimum absolute atomic E-state index is 0.104. The number of hydrogen-bond donors (Lipinski definition) is 1. The molecule has 4 rings (SSSR count).